The van der Waals surface area contributed by atoms with Gasteiger partial charge in [-0.05, 0) is 34.9 Å². The van der Waals surface area contributed by atoms with Gasteiger partial charge in [-0.3, -0.25) is 4.79 Å². The lowest BCUT2D eigenvalue weighted by Crippen LogP contribution is -2.38. The standard InChI is InChI=1S/C19H19N5O2/c1-24(11-13-5-4-7-15(9-13)18-20-22-23-21-18)19(25)16-10-14-6-2-3-8-17(14)26-12-16/h2-9,16H,10-12H2,1H3,(H,20,21,22,23)/t16-/m0/s1. The molecule has 0 fully saturated rings. The van der Waals surface area contributed by atoms with E-state index in [-0.39, 0.29) is 11.8 Å². The van der Waals surface area contributed by atoms with Crippen molar-refractivity contribution in [3.8, 4) is 17.1 Å². The highest BCUT2D eigenvalue weighted by Gasteiger charge is 2.28. The molecule has 26 heavy (non-hydrogen) atoms. The Hall–Kier alpha value is -3.22. The zero-order valence-corrected chi connectivity index (χ0v) is 14.4. The average molecular weight is 349 g/mol. The first kappa shape index (κ1) is 16.3. The minimum atomic E-state index is -0.157. The summed E-state index contributed by atoms with van der Waals surface area (Å²) in [7, 11) is 1.82. The van der Waals surface area contributed by atoms with Gasteiger partial charge >= 0.3 is 0 Å². The summed E-state index contributed by atoms with van der Waals surface area (Å²) in [5.41, 5.74) is 2.97. The number of rotatable bonds is 4. The fraction of sp³-hybridized carbons (Fsp3) is 0.263. The number of ether oxygens (including phenoxy) is 1. The van der Waals surface area contributed by atoms with Gasteiger partial charge in [-0.15, -0.1) is 10.2 Å². The van der Waals surface area contributed by atoms with Crippen LogP contribution < -0.4 is 4.74 Å². The van der Waals surface area contributed by atoms with Crippen molar-refractivity contribution in [2.45, 2.75) is 13.0 Å². The molecule has 1 aliphatic rings. The van der Waals surface area contributed by atoms with Gasteiger partial charge in [0.25, 0.3) is 0 Å². The Balaban J connectivity index is 1.44. The lowest BCUT2D eigenvalue weighted by molar-refractivity contribution is -0.136. The first-order chi connectivity index (χ1) is 12.7. The predicted molar refractivity (Wildman–Crippen MR) is 95.2 cm³/mol. The molecule has 0 saturated heterocycles. The van der Waals surface area contributed by atoms with E-state index in [1.807, 2.05) is 55.6 Å². The van der Waals surface area contributed by atoms with Gasteiger partial charge in [-0.25, -0.2) is 0 Å². The normalized spacial score (nSPS) is 15.8. The number of aromatic nitrogens is 4. The second kappa shape index (κ2) is 6.95. The quantitative estimate of drug-likeness (QED) is 0.779. The zero-order valence-electron chi connectivity index (χ0n) is 14.4. The first-order valence-electron chi connectivity index (χ1n) is 8.49. The molecule has 0 unspecified atom stereocenters. The third kappa shape index (κ3) is 3.28. The molecule has 0 spiro atoms. The molecule has 3 aromatic rings. The number of nitrogens with one attached hydrogen (secondary N) is 1. The van der Waals surface area contributed by atoms with Crippen molar-refractivity contribution in [3.63, 3.8) is 0 Å². The van der Waals surface area contributed by atoms with E-state index in [0.717, 1.165) is 22.4 Å². The number of carbonyl (C=O) groups is 1. The summed E-state index contributed by atoms with van der Waals surface area (Å²) in [5, 5.41) is 14.0. The molecule has 1 aromatic heterocycles. The van der Waals surface area contributed by atoms with Crippen molar-refractivity contribution in [3.05, 3.63) is 59.7 Å². The monoisotopic (exact) mass is 349 g/mol. The highest BCUT2D eigenvalue weighted by atomic mass is 16.5. The maximum Gasteiger partial charge on any atom is 0.229 e. The fourth-order valence-corrected chi connectivity index (χ4v) is 3.24. The number of aromatic amines is 1. The van der Waals surface area contributed by atoms with Crippen LogP contribution in [0.15, 0.2) is 48.5 Å². The van der Waals surface area contributed by atoms with Gasteiger partial charge in [0.1, 0.15) is 12.4 Å². The lowest BCUT2D eigenvalue weighted by atomic mass is 9.95. The van der Waals surface area contributed by atoms with Crippen LogP contribution in [0.1, 0.15) is 11.1 Å². The number of benzene rings is 2. The van der Waals surface area contributed by atoms with E-state index in [2.05, 4.69) is 20.6 Å². The fourth-order valence-electron chi connectivity index (χ4n) is 3.24. The Morgan fingerprint density at radius 3 is 3.00 bits per heavy atom. The van der Waals surface area contributed by atoms with Gasteiger partial charge in [0.05, 0.1) is 5.92 Å². The Labute approximate surface area is 151 Å². The molecule has 0 saturated carbocycles. The van der Waals surface area contributed by atoms with Gasteiger partial charge in [0, 0.05) is 19.2 Å². The van der Waals surface area contributed by atoms with Crippen LogP contribution in [-0.4, -0.2) is 45.1 Å². The predicted octanol–water partition coefficient (Wildman–Crippen LogP) is 2.08. The van der Waals surface area contributed by atoms with Crippen LogP contribution in [0.5, 0.6) is 5.75 Å². The minimum Gasteiger partial charge on any atom is -0.492 e. The molecule has 1 aliphatic heterocycles. The van der Waals surface area contributed by atoms with Crippen molar-refractivity contribution in [1.29, 1.82) is 0 Å². The van der Waals surface area contributed by atoms with Crippen LogP contribution >= 0.6 is 0 Å². The average Bonchev–Trinajstić information content (AvgIpc) is 3.22. The molecule has 2 aromatic carbocycles. The van der Waals surface area contributed by atoms with Crippen LogP contribution in [0.4, 0.5) is 0 Å². The van der Waals surface area contributed by atoms with E-state index in [0.29, 0.717) is 25.4 Å². The number of H-pyrrole nitrogens is 1. The molecule has 4 rings (SSSR count). The van der Waals surface area contributed by atoms with Crippen molar-refractivity contribution in [1.82, 2.24) is 25.5 Å². The van der Waals surface area contributed by atoms with E-state index in [4.69, 9.17) is 4.74 Å². The number of hydrogen-bond donors (Lipinski definition) is 1. The second-order valence-corrected chi connectivity index (χ2v) is 6.45. The Morgan fingerprint density at radius 1 is 1.27 bits per heavy atom. The zero-order chi connectivity index (χ0) is 17.9. The lowest BCUT2D eigenvalue weighted by Gasteiger charge is -2.28. The topological polar surface area (TPSA) is 84.0 Å². The summed E-state index contributed by atoms with van der Waals surface area (Å²) in [4.78, 5) is 14.6. The number of hydrogen-bond acceptors (Lipinski definition) is 5. The summed E-state index contributed by atoms with van der Waals surface area (Å²) >= 11 is 0. The Kier molecular flexibility index (Phi) is 4.35. The van der Waals surface area contributed by atoms with Crippen molar-refractivity contribution in [2.75, 3.05) is 13.7 Å². The Morgan fingerprint density at radius 2 is 2.15 bits per heavy atom. The molecule has 2 heterocycles. The number of para-hydroxylation sites is 1. The third-order valence-electron chi connectivity index (χ3n) is 4.55. The van der Waals surface area contributed by atoms with Gasteiger partial charge in [-0.2, -0.15) is 5.21 Å². The number of nitrogens with zero attached hydrogens (tertiary/aromatic N) is 4. The largest absolute Gasteiger partial charge is 0.492 e. The van der Waals surface area contributed by atoms with Crippen molar-refractivity contribution >= 4 is 5.91 Å². The SMILES string of the molecule is CN(Cc1cccc(-c2nn[nH]n2)c1)C(=O)[C@@H]1COc2ccccc2C1. The summed E-state index contributed by atoms with van der Waals surface area (Å²) in [6.45, 7) is 0.936. The molecular weight excluding hydrogens is 330 g/mol. The second-order valence-electron chi connectivity index (χ2n) is 6.45. The molecule has 1 N–H and O–H groups in total. The van der Waals surface area contributed by atoms with Crippen molar-refractivity contribution in [2.24, 2.45) is 5.92 Å². The van der Waals surface area contributed by atoms with E-state index in [1.54, 1.807) is 4.90 Å². The molecular formula is C19H19N5O2. The summed E-state index contributed by atoms with van der Waals surface area (Å²) < 4.78 is 5.75. The molecule has 0 aliphatic carbocycles. The molecule has 7 nitrogen and oxygen atoms in total. The van der Waals surface area contributed by atoms with E-state index in [9.17, 15) is 4.79 Å². The molecule has 7 heteroatoms. The van der Waals surface area contributed by atoms with Gasteiger partial charge in [0.2, 0.25) is 11.7 Å². The highest BCUT2D eigenvalue weighted by Crippen LogP contribution is 2.28. The van der Waals surface area contributed by atoms with Crippen LogP contribution in [0, 0.1) is 5.92 Å². The number of fused-ring (bicyclic) bond motifs is 1. The van der Waals surface area contributed by atoms with Crippen molar-refractivity contribution < 1.29 is 9.53 Å². The molecule has 0 radical (unpaired) electrons. The maximum absolute atomic E-state index is 12.8. The van der Waals surface area contributed by atoms with Gasteiger partial charge < -0.3 is 9.64 Å². The Bertz CT molecular complexity index is 910. The first-order valence-corrected chi connectivity index (χ1v) is 8.49. The number of amides is 1. The molecule has 1 amide bonds. The van der Waals surface area contributed by atoms with E-state index >= 15 is 0 Å². The molecule has 1 atom stereocenters. The van der Waals surface area contributed by atoms with Crippen LogP contribution in [0.2, 0.25) is 0 Å². The van der Waals surface area contributed by atoms with E-state index < -0.39 is 0 Å². The molecule has 132 valence electrons. The number of tetrazole rings is 1. The van der Waals surface area contributed by atoms with Gasteiger partial charge in [0.15, 0.2) is 0 Å². The molecule has 0 bridgehead atoms. The third-order valence-corrected chi connectivity index (χ3v) is 4.55. The number of carbonyl (C=O) groups excluding carboxylic acids is 1. The minimum absolute atomic E-state index is 0.0875. The summed E-state index contributed by atoms with van der Waals surface area (Å²) in [5.74, 6) is 1.35. The van der Waals surface area contributed by atoms with E-state index in [1.165, 1.54) is 0 Å². The van der Waals surface area contributed by atoms with Gasteiger partial charge in [-0.1, -0.05) is 36.4 Å². The smallest absolute Gasteiger partial charge is 0.229 e. The van der Waals surface area contributed by atoms with Crippen LogP contribution in [0.25, 0.3) is 11.4 Å². The highest BCUT2D eigenvalue weighted by molar-refractivity contribution is 5.79. The maximum atomic E-state index is 12.8. The van der Waals surface area contributed by atoms with Crippen LogP contribution in [-0.2, 0) is 17.8 Å². The summed E-state index contributed by atoms with van der Waals surface area (Å²) in [6.07, 6.45) is 0.711. The van der Waals surface area contributed by atoms with Crippen LogP contribution in [0.3, 0.4) is 0 Å². The summed E-state index contributed by atoms with van der Waals surface area (Å²) in [6, 6.07) is 15.7.